The molecule has 1 heterocycles. The van der Waals surface area contributed by atoms with Crippen molar-refractivity contribution in [3.05, 3.63) is 35.9 Å². The quantitative estimate of drug-likeness (QED) is 0.831. The number of hydrogen-bond acceptors (Lipinski definition) is 3. The Bertz CT molecular complexity index is 455. The minimum Gasteiger partial charge on any atom is -0.381 e. The van der Waals surface area contributed by atoms with Crippen molar-refractivity contribution in [3.8, 4) is 0 Å². The highest BCUT2D eigenvalue weighted by Crippen LogP contribution is 2.07. The molecule has 1 fully saturated rings. The van der Waals surface area contributed by atoms with Crippen LogP contribution in [0.1, 0.15) is 18.4 Å². The fraction of sp³-hybridized carbons (Fsp3) is 0.500. The van der Waals surface area contributed by atoms with E-state index in [-0.39, 0.29) is 6.04 Å². The fourth-order valence-electron chi connectivity index (χ4n) is 1.85. The molecule has 0 unspecified atom stereocenters. The molecule has 1 aliphatic rings. The van der Waals surface area contributed by atoms with Crippen molar-refractivity contribution in [2.75, 3.05) is 13.2 Å². The standard InChI is InChI=1S/C12H18N2O3S/c15-18(16,14-12-6-8-17-9-7-12)13-10-11-4-2-1-3-5-11/h1-5,12-14H,6-10H2. The average molecular weight is 270 g/mol. The molecule has 2 rings (SSSR count). The van der Waals surface area contributed by atoms with E-state index in [9.17, 15) is 8.42 Å². The van der Waals surface area contributed by atoms with Gasteiger partial charge in [-0.2, -0.15) is 17.9 Å². The Kier molecular flexibility index (Phi) is 4.71. The number of hydrogen-bond donors (Lipinski definition) is 2. The molecular formula is C12H18N2O3S. The zero-order valence-corrected chi connectivity index (χ0v) is 10.9. The van der Waals surface area contributed by atoms with E-state index in [1.165, 1.54) is 0 Å². The van der Waals surface area contributed by atoms with Gasteiger partial charge in [-0.1, -0.05) is 30.3 Å². The molecule has 18 heavy (non-hydrogen) atoms. The van der Waals surface area contributed by atoms with Crippen LogP contribution in [0, 0.1) is 0 Å². The lowest BCUT2D eigenvalue weighted by atomic mass is 10.1. The van der Waals surface area contributed by atoms with E-state index in [0.717, 1.165) is 18.4 Å². The summed E-state index contributed by atoms with van der Waals surface area (Å²) in [6, 6.07) is 9.42. The largest absolute Gasteiger partial charge is 0.381 e. The Morgan fingerprint density at radius 2 is 1.83 bits per heavy atom. The molecule has 0 aromatic heterocycles. The highest BCUT2D eigenvalue weighted by Gasteiger charge is 2.19. The summed E-state index contributed by atoms with van der Waals surface area (Å²) in [5.41, 5.74) is 0.940. The molecule has 0 radical (unpaired) electrons. The van der Waals surface area contributed by atoms with E-state index in [1.807, 2.05) is 30.3 Å². The maximum Gasteiger partial charge on any atom is 0.277 e. The number of benzene rings is 1. The first kappa shape index (κ1) is 13.5. The van der Waals surface area contributed by atoms with Gasteiger partial charge in [-0.15, -0.1) is 0 Å². The lowest BCUT2D eigenvalue weighted by Gasteiger charge is -2.23. The van der Waals surface area contributed by atoms with Crippen LogP contribution in [0.2, 0.25) is 0 Å². The van der Waals surface area contributed by atoms with E-state index in [0.29, 0.717) is 19.8 Å². The fourth-order valence-corrected chi connectivity index (χ4v) is 2.97. The molecule has 0 atom stereocenters. The first-order chi connectivity index (χ1) is 8.66. The van der Waals surface area contributed by atoms with Crippen molar-refractivity contribution in [2.45, 2.75) is 25.4 Å². The first-order valence-corrected chi connectivity index (χ1v) is 7.53. The van der Waals surface area contributed by atoms with Crippen molar-refractivity contribution in [1.29, 1.82) is 0 Å². The second-order valence-corrected chi connectivity index (χ2v) is 5.85. The first-order valence-electron chi connectivity index (χ1n) is 6.04. The van der Waals surface area contributed by atoms with Crippen LogP contribution in [-0.2, 0) is 21.5 Å². The van der Waals surface area contributed by atoms with E-state index in [1.54, 1.807) is 0 Å². The highest BCUT2D eigenvalue weighted by molar-refractivity contribution is 7.87. The van der Waals surface area contributed by atoms with E-state index in [2.05, 4.69) is 9.44 Å². The molecule has 6 heteroatoms. The predicted molar refractivity (Wildman–Crippen MR) is 69.2 cm³/mol. The molecule has 0 saturated carbocycles. The minimum atomic E-state index is -3.43. The summed E-state index contributed by atoms with van der Waals surface area (Å²) >= 11 is 0. The SMILES string of the molecule is O=S(=O)(NCc1ccccc1)NC1CCOCC1. The van der Waals surface area contributed by atoms with Crippen molar-refractivity contribution < 1.29 is 13.2 Å². The molecule has 0 bridgehead atoms. The zero-order valence-electron chi connectivity index (χ0n) is 10.1. The minimum absolute atomic E-state index is 0.0213. The molecule has 1 aromatic rings. The molecule has 0 amide bonds. The van der Waals surface area contributed by atoms with Crippen LogP contribution in [0.5, 0.6) is 0 Å². The normalized spacial score (nSPS) is 17.8. The van der Waals surface area contributed by atoms with Gasteiger partial charge in [0.1, 0.15) is 0 Å². The van der Waals surface area contributed by atoms with E-state index >= 15 is 0 Å². The predicted octanol–water partition coefficient (Wildman–Crippen LogP) is 0.790. The second kappa shape index (κ2) is 6.29. The van der Waals surface area contributed by atoms with Crippen LogP contribution in [0.15, 0.2) is 30.3 Å². The average Bonchev–Trinajstić information content (AvgIpc) is 2.38. The molecule has 0 spiro atoms. The molecule has 2 N–H and O–H groups in total. The second-order valence-electron chi connectivity index (χ2n) is 4.31. The molecule has 1 aromatic carbocycles. The maximum absolute atomic E-state index is 11.8. The van der Waals surface area contributed by atoms with Crippen molar-refractivity contribution in [2.24, 2.45) is 0 Å². The van der Waals surface area contributed by atoms with Crippen molar-refractivity contribution in [3.63, 3.8) is 0 Å². The third kappa shape index (κ3) is 4.38. The Labute approximate surface area is 108 Å². The van der Waals surface area contributed by atoms with Crippen LogP contribution < -0.4 is 9.44 Å². The topological polar surface area (TPSA) is 67.4 Å². The third-order valence-corrected chi connectivity index (χ3v) is 4.02. The number of ether oxygens (including phenoxy) is 1. The van der Waals surface area contributed by atoms with Gasteiger partial charge >= 0.3 is 0 Å². The molecular weight excluding hydrogens is 252 g/mol. The van der Waals surface area contributed by atoms with Crippen LogP contribution in [0.4, 0.5) is 0 Å². The van der Waals surface area contributed by atoms with Crippen LogP contribution in [0.3, 0.4) is 0 Å². The Morgan fingerprint density at radius 3 is 2.50 bits per heavy atom. The van der Waals surface area contributed by atoms with Crippen LogP contribution in [0.25, 0.3) is 0 Å². The summed E-state index contributed by atoms with van der Waals surface area (Å²) in [5.74, 6) is 0. The van der Waals surface area contributed by atoms with Gasteiger partial charge in [-0.25, -0.2) is 0 Å². The van der Waals surface area contributed by atoms with Gasteiger partial charge in [-0.3, -0.25) is 0 Å². The summed E-state index contributed by atoms with van der Waals surface area (Å²) in [5, 5.41) is 0. The summed E-state index contributed by atoms with van der Waals surface area (Å²) in [4.78, 5) is 0. The van der Waals surface area contributed by atoms with Gasteiger partial charge in [0.15, 0.2) is 0 Å². The van der Waals surface area contributed by atoms with E-state index < -0.39 is 10.2 Å². The van der Waals surface area contributed by atoms with Gasteiger partial charge in [-0.05, 0) is 18.4 Å². The maximum atomic E-state index is 11.8. The third-order valence-electron chi connectivity index (χ3n) is 2.85. The Morgan fingerprint density at radius 1 is 1.17 bits per heavy atom. The summed E-state index contributed by atoms with van der Waals surface area (Å²) in [6.45, 7) is 1.54. The zero-order chi connectivity index (χ0) is 12.8. The summed E-state index contributed by atoms with van der Waals surface area (Å²) in [7, 11) is -3.43. The van der Waals surface area contributed by atoms with Gasteiger partial charge in [0.2, 0.25) is 0 Å². The molecule has 100 valence electrons. The monoisotopic (exact) mass is 270 g/mol. The number of nitrogens with one attached hydrogen (secondary N) is 2. The smallest absolute Gasteiger partial charge is 0.277 e. The van der Waals surface area contributed by atoms with Gasteiger partial charge in [0.05, 0.1) is 0 Å². The van der Waals surface area contributed by atoms with Crippen LogP contribution >= 0.6 is 0 Å². The van der Waals surface area contributed by atoms with E-state index in [4.69, 9.17) is 4.74 Å². The lowest BCUT2D eigenvalue weighted by molar-refractivity contribution is 0.0831. The number of rotatable bonds is 5. The van der Waals surface area contributed by atoms with Gasteiger partial charge < -0.3 is 4.74 Å². The van der Waals surface area contributed by atoms with Crippen molar-refractivity contribution in [1.82, 2.24) is 9.44 Å². The molecule has 5 nitrogen and oxygen atoms in total. The highest BCUT2D eigenvalue weighted by atomic mass is 32.2. The molecule has 0 aliphatic carbocycles. The van der Waals surface area contributed by atoms with Gasteiger partial charge in [0, 0.05) is 25.8 Å². The molecule has 1 saturated heterocycles. The Balaban J connectivity index is 1.83. The lowest BCUT2D eigenvalue weighted by Crippen LogP contribution is -2.44. The van der Waals surface area contributed by atoms with Crippen LogP contribution in [-0.4, -0.2) is 27.7 Å². The van der Waals surface area contributed by atoms with Crippen molar-refractivity contribution >= 4 is 10.2 Å². The van der Waals surface area contributed by atoms with Gasteiger partial charge in [0.25, 0.3) is 10.2 Å². The molecule has 1 aliphatic heterocycles. The Hall–Kier alpha value is -0.950. The summed E-state index contributed by atoms with van der Waals surface area (Å²) in [6.07, 6.45) is 1.46. The summed E-state index contributed by atoms with van der Waals surface area (Å²) < 4.78 is 34.0.